The van der Waals surface area contributed by atoms with Crippen LogP contribution in [-0.2, 0) is 0 Å². The maximum atomic E-state index is 12.0. The van der Waals surface area contributed by atoms with Crippen LogP contribution in [0.25, 0.3) is 0 Å². The Bertz CT molecular complexity index is 421. The van der Waals surface area contributed by atoms with Gasteiger partial charge in [-0.3, -0.25) is 4.79 Å². The van der Waals surface area contributed by atoms with E-state index in [2.05, 4.69) is 21.2 Å². The predicted molar refractivity (Wildman–Crippen MR) is 76.0 cm³/mol. The summed E-state index contributed by atoms with van der Waals surface area (Å²) in [7, 11) is 0. The molecule has 5 heteroatoms. The van der Waals surface area contributed by atoms with E-state index in [0.29, 0.717) is 22.9 Å². The first-order chi connectivity index (χ1) is 7.85. The molecule has 0 aliphatic carbocycles. The number of rotatable bonds is 4. The summed E-state index contributed by atoms with van der Waals surface area (Å²) in [6.45, 7) is 3.86. The van der Waals surface area contributed by atoms with Gasteiger partial charge in [-0.1, -0.05) is 27.5 Å². The van der Waals surface area contributed by atoms with Gasteiger partial charge < -0.3 is 5.32 Å². The minimum atomic E-state index is -0.338. The number of alkyl halides is 1. The second-order valence-corrected chi connectivity index (χ2v) is 6.10. The zero-order valence-corrected chi connectivity index (χ0v) is 12.8. The van der Waals surface area contributed by atoms with Crippen molar-refractivity contribution >= 4 is 45.0 Å². The van der Waals surface area contributed by atoms with Gasteiger partial charge in [0.15, 0.2) is 0 Å². The molecule has 1 amide bonds. The highest BCUT2D eigenvalue weighted by Gasteiger charge is 2.21. The third-order valence-electron chi connectivity index (χ3n) is 2.35. The molecule has 0 aromatic heterocycles. The van der Waals surface area contributed by atoms with Crippen LogP contribution in [0.5, 0.6) is 0 Å². The number of hydrogen-bond donors (Lipinski definition) is 1. The number of carbonyl (C=O) groups excluding carboxylic acids is 1. The number of halogens is 3. The van der Waals surface area contributed by atoms with E-state index in [4.69, 9.17) is 23.2 Å². The van der Waals surface area contributed by atoms with Gasteiger partial charge in [-0.05, 0) is 38.5 Å². The number of nitrogens with one attached hydrogen (secondary N) is 1. The van der Waals surface area contributed by atoms with Gasteiger partial charge in [-0.25, -0.2) is 0 Å². The second kappa shape index (κ2) is 6.07. The van der Waals surface area contributed by atoms with Crippen molar-refractivity contribution in [3.8, 4) is 0 Å². The van der Waals surface area contributed by atoms with Crippen molar-refractivity contribution in [2.75, 3.05) is 5.88 Å². The highest BCUT2D eigenvalue weighted by molar-refractivity contribution is 9.10. The molecule has 0 radical (unpaired) electrons. The topological polar surface area (TPSA) is 29.1 Å². The molecule has 1 rings (SSSR count). The number of amides is 1. The smallest absolute Gasteiger partial charge is 0.253 e. The molecular formula is C12H14BrCl2NO. The third kappa shape index (κ3) is 4.49. The van der Waals surface area contributed by atoms with E-state index in [1.807, 2.05) is 13.8 Å². The number of carbonyl (C=O) groups is 1. The Balaban J connectivity index is 2.83. The predicted octanol–water partition coefficient (Wildman–Crippen LogP) is 4.24. The van der Waals surface area contributed by atoms with Crippen molar-refractivity contribution in [3.05, 3.63) is 33.3 Å². The van der Waals surface area contributed by atoms with Crippen molar-refractivity contribution in [2.24, 2.45) is 0 Å². The maximum absolute atomic E-state index is 12.0. The van der Waals surface area contributed by atoms with Crippen LogP contribution < -0.4 is 5.32 Å². The molecule has 0 bridgehead atoms. The van der Waals surface area contributed by atoms with E-state index in [0.717, 1.165) is 4.47 Å². The van der Waals surface area contributed by atoms with E-state index in [1.54, 1.807) is 18.2 Å². The minimum Gasteiger partial charge on any atom is -0.347 e. The minimum absolute atomic E-state index is 0.183. The lowest BCUT2D eigenvalue weighted by Crippen LogP contribution is -2.43. The zero-order valence-electron chi connectivity index (χ0n) is 9.69. The van der Waals surface area contributed by atoms with Crippen LogP contribution in [0.2, 0.25) is 5.02 Å². The Hall–Kier alpha value is -0.250. The van der Waals surface area contributed by atoms with Crippen molar-refractivity contribution < 1.29 is 4.79 Å². The number of hydrogen-bond acceptors (Lipinski definition) is 1. The van der Waals surface area contributed by atoms with E-state index in [-0.39, 0.29) is 11.4 Å². The van der Waals surface area contributed by atoms with Gasteiger partial charge in [0, 0.05) is 15.9 Å². The van der Waals surface area contributed by atoms with Crippen LogP contribution >= 0.6 is 39.1 Å². The van der Waals surface area contributed by atoms with Crippen LogP contribution in [0.15, 0.2) is 22.7 Å². The van der Waals surface area contributed by atoms with Crippen molar-refractivity contribution in [1.29, 1.82) is 0 Å². The van der Waals surface area contributed by atoms with Crippen LogP contribution in [0.4, 0.5) is 0 Å². The summed E-state index contributed by atoms with van der Waals surface area (Å²) in [4.78, 5) is 12.0. The lowest BCUT2D eigenvalue weighted by atomic mass is 10.0. The van der Waals surface area contributed by atoms with Crippen molar-refractivity contribution in [1.82, 2.24) is 5.32 Å². The molecule has 94 valence electrons. The summed E-state index contributed by atoms with van der Waals surface area (Å²) < 4.78 is 0.846. The molecule has 0 saturated heterocycles. The Labute approximate surface area is 120 Å². The van der Waals surface area contributed by atoms with Crippen molar-refractivity contribution in [2.45, 2.75) is 25.8 Å². The van der Waals surface area contributed by atoms with E-state index in [1.165, 1.54) is 0 Å². The SMILES string of the molecule is CC(C)(CCCl)NC(=O)c1ccc(Br)cc1Cl. The first-order valence-corrected chi connectivity index (χ1v) is 6.90. The van der Waals surface area contributed by atoms with Gasteiger partial charge >= 0.3 is 0 Å². The Morgan fingerprint density at radius 3 is 2.65 bits per heavy atom. The first kappa shape index (κ1) is 14.8. The lowest BCUT2D eigenvalue weighted by Gasteiger charge is -2.25. The molecule has 0 aliphatic rings. The summed E-state index contributed by atoms with van der Waals surface area (Å²) >= 11 is 15.0. The molecule has 17 heavy (non-hydrogen) atoms. The quantitative estimate of drug-likeness (QED) is 0.817. The Morgan fingerprint density at radius 2 is 2.12 bits per heavy atom. The van der Waals surface area contributed by atoms with Crippen LogP contribution in [0, 0.1) is 0 Å². The number of benzene rings is 1. The van der Waals surface area contributed by atoms with E-state index >= 15 is 0 Å². The van der Waals surface area contributed by atoms with Gasteiger partial charge in [0.25, 0.3) is 5.91 Å². The summed E-state index contributed by atoms with van der Waals surface area (Å²) in [5.41, 5.74) is 0.132. The van der Waals surface area contributed by atoms with Gasteiger partial charge in [-0.15, -0.1) is 11.6 Å². The molecule has 0 unspecified atom stereocenters. The molecule has 0 aliphatic heterocycles. The largest absolute Gasteiger partial charge is 0.347 e. The molecule has 0 atom stereocenters. The molecular weight excluding hydrogens is 325 g/mol. The zero-order chi connectivity index (χ0) is 13.1. The fourth-order valence-electron chi connectivity index (χ4n) is 1.35. The highest BCUT2D eigenvalue weighted by Crippen LogP contribution is 2.22. The van der Waals surface area contributed by atoms with Crippen LogP contribution in [0.1, 0.15) is 30.6 Å². The second-order valence-electron chi connectivity index (χ2n) is 4.40. The van der Waals surface area contributed by atoms with Crippen LogP contribution in [-0.4, -0.2) is 17.3 Å². The molecule has 2 nitrogen and oxygen atoms in total. The monoisotopic (exact) mass is 337 g/mol. The molecule has 1 N–H and O–H groups in total. The summed E-state index contributed by atoms with van der Waals surface area (Å²) in [5.74, 6) is 0.319. The van der Waals surface area contributed by atoms with E-state index in [9.17, 15) is 4.79 Å². The average Bonchev–Trinajstić information content (AvgIpc) is 2.15. The summed E-state index contributed by atoms with van der Waals surface area (Å²) in [6.07, 6.45) is 0.703. The Morgan fingerprint density at radius 1 is 1.47 bits per heavy atom. The normalized spacial score (nSPS) is 11.4. The molecule has 0 fully saturated rings. The summed E-state index contributed by atoms with van der Waals surface area (Å²) in [6, 6.07) is 5.18. The first-order valence-electron chi connectivity index (χ1n) is 5.19. The lowest BCUT2D eigenvalue weighted by molar-refractivity contribution is 0.0912. The molecule has 0 spiro atoms. The molecule has 0 saturated carbocycles. The molecule has 1 aromatic rings. The van der Waals surface area contributed by atoms with Gasteiger partial charge in [0.2, 0.25) is 0 Å². The summed E-state index contributed by atoms with van der Waals surface area (Å²) in [5, 5.41) is 3.34. The average molecular weight is 339 g/mol. The fourth-order valence-corrected chi connectivity index (χ4v) is 2.58. The van der Waals surface area contributed by atoms with E-state index < -0.39 is 0 Å². The molecule has 1 aromatic carbocycles. The van der Waals surface area contributed by atoms with Crippen molar-refractivity contribution in [3.63, 3.8) is 0 Å². The van der Waals surface area contributed by atoms with Gasteiger partial charge in [0.1, 0.15) is 0 Å². The fraction of sp³-hybridized carbons (Fsp3) is 0.417. The third-order valence-corrected chi connectivity index (χ3v) is 3.34. The maximum Gasteiger partial charge on any atom is 0.253 e. The molecule has 0 heterocycles. The van der Waals surface area contributed by atoms with Gasteiger partial charge in [0.05, 0.1) is 10.6 Å². The standard InChI is InChI=1S/C12H14BrCl2NO/c1-12(2,5-6-14)16-11(17)9-4-3-8(13)7-10(9)15/h3-4,7H,5-6H2,1-2H3,(H,16,17). The highest BCUT2D eigenvalue weighted by atomic mass is 79.9. The van der Waals surface area contributed by atoms with Crippen LogP contribution in [0.3, 0.4) is 0 Å². The Kier molecular flexibility index (Phi) is 5.29. The van der Waals surface area contributed by atoms with Gasteiger partial charge in [-0.2, -0.15) is 0 Å².